The first-order chi connectivity index (χ1) is 9.52. The van der Waals surface area contributed by atoms with E-state index in [2.05, 4.69) is 5.32 Å². The molecular formula is C16H20N2O2. The Balaban J connectivity index is 2.18. The summed E-state index contributed by atoms with van der Waals surface area (Å²) in [6.45, 7) is 3.60. The molecule has 0 radical (unpaired) electrons. The second-order valence-electron chi connectivity index (χ2n) is 5.00. The number of aliphatic hydroxyl groups is 1. The Kier molecular flexibility index (Phi) is 4.15. The van der Waals surface area contributed by atoms with Gasteiger partial charge in [-0.25, -0.2) is 0 Å². The number of hydrogen-bond acceptors (Lipinski definition) is 4. The van der Waals surface area contributed by atoms with E-state index < -0.39 is 5.72 Å². The number of aryl methyl sites for hydroxylation is 1. The molecule has 106 valence electrons. The Bertz CT molecular complexity index is 572. The molecule has 0 fully saturated rings. The van der Waals surface area contributed by atoms with E-state index >= 15 is 0 Å². The molecule has 1 atom stereocenters. The highest BCUT2D eigenvalue weighted by atomic mass is 16.5. The average molecular weight is 272 g/mol. The molecule has 0 heterocycles. The molecule has 0 aliphatic rings. The maximum absolute atomic E-state index is 9.64. The normalized spacial score (nSPS) is 13.6. The third kappa shape index (κ3) is 3.42. The standard InChI is InChI=1S/C16H20N2O2/c1-12-10-13(17)8-9-15(12)18-16(2,11-19)20-14-6-4-3-5-7-14/h3-10,18-19H,11,17H2,1-2H3. The quantitative estimate of drug-likeness (QED) is 0.578. The van der Waals surface area contributed by atoms with Crippen LogP contribution in [-0.2, 0) is 0 Å². The van der Waals surface area contributed by atoms with Gasteiger partial charge in [-0.2, -0.15) is 0 Å². The topological polar surface area (TPSA) is 67.5 Å². The molecule has 4 nitrogen and oxygen atoms in total. The van der Waals surface area contributed by atoms with E-state index in [4.69, 9.17) is 10.5 Å². The Morgan fingerprint density at radius 3 is 2.50 bits per heavy atom. The molecule has 4 heteroatoms. The van der Waals surface area contributed by atoms with Crippen LogP contribution in [0.3, 0.4) is 0 Å². The van der Waals surface area contributed by atoms with Gasteiger partial charge < -0.3 is 20.9 Å². The van der Waals surface area contributed by atoms with Crippen molar-refractivity contribution in [1.82, 2.24) is 0 Å². The van der Waals surface area contributed by atoms with Gasteiger partial charge in [0.2, 0.25) is 5.72 Å². The lowest BCUT2D eigenvalue weighted by Gasteiger charge is -2.31. The smallest absolute Gasteiger partial charge is 0.201 e. The largest absolute Gasteiger partial charge is 0.466 e. The van der Waals surface area contributed by atoms with Crippen molar-refractivity contribution >= 4 is 11.4 Å². The fourth-order valence-electron chi connectivity index (χ4n) is 1.96. The fourth-order valence-corrected chi connectivity index (χ4v) is 1.96. The number of aliphatic hydroxyl groups excluding tert-OH is 1. The van der Waals surface area contributed by atoms with Crippen LogP contribution in [0.5, 0.6) is 5.75 Å². The lowest BCUT2D eigenvalue weighted by molar-refractivity contribution is 0.0491. The van der Waals surface area contributed by atoms with Crippen molar-refractivity contribution in [2.75, 3.05) is 17.7 Å². The molecule has 0 spiro atoms. The van der Waals surface area contributed by atoms with E-state index in [1.807, 2.05) is 55.5 Å². The SMILES string of the molecule is Cc1cc(N)ccc1NC(C)(CO)Oc1ccccc1. The molecular weight excluding hydrogens is 252 g/mol. The number of benzene rings is 2. The fraction of sp³-hybridized carbons (Fsp3) is 0.250. The van der Waals surface area contributed by atoms with Crippen LogP contribution in [0.15, 0.2) is 48.5 Å². The highest BCUT2D eigenvalue weighted by Gasteiger charge is 2.25. The molecule has 0 bridgehead atoms. The van der Waals surface area contributed by atoms with Gasteiger partial charge >= 0.3 is 0 Å². The van der Waals surface area contributed by atoms with Gasteiger partial charge in [-0.3, -0.25) is 0 Å². The summed E-state index contributed by atoms with van der Waals surface area (Å²) in [7, 11) is 0. The van der Waals surface area contributed by atoms with Gasteiger partial charge in [-0.05, 0) is 49.7 Å². The van der Waals surface area contributed by atoms with E-state index in [-0.39, 0.29) is 6.61 Å². The molecule has 0 amide bonds. The lowest BCUT2D eigenvalue weighted by Crippen LogP contribution is -2.45. The zero-order valence-electron chi connectivity index (χ0n) is 11.8. The van der Waals surface area contributed by atoms with Crippen LogP contribution in [0.2, 0.25) is 0 Å². The van der Waals surface area contributed by atoms with E-state index in [0.29, 0.717) is 11.4 Å². The highest BCUT2D eigenvalue weighted by molar-refractivity contribution is 5.58. The molecule has 0 aliphatic carbocycles. The summed E-state index contributed by atoms with van der Waals surface area (Å²) in [6, 6.07) is 15.0. The van der Waals surface area contributed by atoms with Gasteiger partial charge in [0.25, 0.3) is 0 Å². The first-order valence-corrected chi connectivity index (χ1v) is 6.52. The number of nitrogen functional groups attached to an aromatic ring is 1. The first kappa shape index (κ1) is 14.2. The van der Waals surface area contributed by atoms with E-state index in [1.165, 1.54) is 0 Å². The minimum Gasteiger partial charge on any atom is -0.466 e. The maximum atomic E-state index is 9.64. The molecule has 2 rings (SSSR count). The average Bonchev–Trinajstić information content (AvgIpc) is 2.43. The van der Waals surface area contributed by atoms with Crippen molar-refractivity contribution in [3.63, 3.8) is 0 Å². The van der Waals surface area contributed by atoms with Crippen LogP contribution >= 0.6 is 0 Å². The number of nitrogens with two attached hydrogens (primary N) is 1. The Labute approximate surface area is 119 Å². The zero-order valence-corrected chi connectivity index (χ0v) is 11.8. The predicted octanol–water partition coefficient (Wildman–Crippen LogP) is 2.78. The monoisotopic (exact) mass is 272 g/mol. The number of ether oxygens (including phenoxy) is 1. The van der Waals surface area contributed by atoms with Gasteiger partial charge in [0, 0.05) is 11.4 Å². The van der Waals surface area contributed by atoms with Crippen molar-refractivity contribution in [2.45, 2.75) is 19.6 Å². The number of para-hydroxylation sites is 1. The number of nitrogens with one attached hydrogen (secondary N) is 1. The molecule has 4 N–H and O–H groups in total. The van der Waals surface area contributed by atoms with Crippen molar-refractivity contribution in [3.8, 4) is 5.75 Å². The van der Waals surface area contributed by atoms with E-state index in [0.717, 1.165) is 11.3 Å². The van der Waals surface area contributed by atoms with E-state index in [1.54, 1.807) is 6.92 Å². The van der Waals surface area contributed by atoms with Crippen LogP contribution in [-0.4, -0.2) is 17.4 Å². The summed E-state index contributed by atoms with van der Waals surface area (Å²) in [5.74, 6) is 0.699. The molecule has 1 unspecified atom stereocenters. The summed E-state index contributed by atoms with van der Waals surface area (Å²) < 4.78 is 5.85. The second-order valence-corrected chi connectivity index (χ2v) is 5.00. The predicted molar refractivity (Wildman–Crippen MR) is 81.8 cm³/mol. The Morgan fingerprint density at radius 2 is 1.90 bits per heavy atom. The molecule has 0 aliphatic heterocycles. The summed E-state index contributed by atoms with van der Waals surface area (Å²) in [6.07, 6.45) is 0. The molecule has 0 aromatic heterocycles. The van der Waals surface area contributed by atoms with Gasteiger partial charge in [0.15, 0.2) is 0 Å². The third-order valence-electron chi connectivity index (χ3n) is 3.04. The highest BCUT2D eigenvalue weighted by Crippen LogP contribution is 2.24. The number of hydrogen-bond donors (Lipinski definition) is 3. The van der Waals surface area contributed by atoms with Gasteiger partial charge in [-0.15, -0.1) is 0 Å². The van der Waals surface area contributed by atoms with Crippen LogP contribution in [0.1, 0.15) is 12.5 Å². The molecule has 2 aromatic rings. The second kappa shape index (κ2) is 5.84. The Morgan fingerprint density at radius 1 is 1.20 bits per heavy atom. The lowest BCUT2D eigenvalue weighted by atomic mass is 10.1. The molecule has 0 saturated heterocycles. The van der Waals surface area contributed by atoms with Gasteiger partial charge in [0.1, 0.15) is 12.4 Å². The summed E-state index contributed by atoms with van der Waals surface area (Å²) in [5, 5.41) is 12.9. The zero-order chi connectivity index (χ0) is 14.6. The number of anilines is 2. The summed E-state index contributed by atoms with van der Waals surface area (Å²) >= 11 is 0. The van der Waals surface area contributed by atoms with Crippen LogP contribution < -0.4 is 15.8 Å². The minimum absolute atomic E-state index is 0.161. The molecule has 20 heavy (non-hydrogen) atoms. The van der Waals surface area contributed by atoms with Crippen LogP contribution in [0.25, 0.3) is 0 Å². The van der Waals surface area contributed by atoms with Crippen molar-refractivity contribution in [3.05, 3.63) is 54.1 Å². The summed E-state index contributed by atoms with van der Waals surface area (Å²) in [5.41, 5.74) is 7.43. The molecule has 0 saturated carbocycles. The minimum atomic E-state index is -0.901. The first-order valence-electron chi connectivity index (χ1n) is 6.52. The van der Waals surface area contributed by atoms with E-state index in [9.17, 15) is 5.11 Å². The maximum Gasteiger partial charge on any atom is 0.201 e. The van der Waals surface area contributed by atoms with Crippen LogP contribution in [0.4, 0.5) is 11.4 Å². The third-order valence-corrected chi connectivity index (χ3v) is 3.04. The Hall–Kier alpha value is -2.20. The van der Waals surface area contributed by atoms with Gasteiger partial charge in [0.05, 0.1) is 0 Å². The van der Waals surface area contributed by atoms with Crippen molar-refractivity contribution in [2.24, 2.45) is 0 Å². The van der Waals surface area contributed by atoms with Crippen molar-refractivity contribution in [1.29, 1.82) is 0 Å². The van der Waals surface area contributed by atoms with Gasteiger partial charge in [-0.1, -0.05) is 18.2 Å². The van der Waals surface area contributed by atoms with Crippen LogP contribution in [0, 0.1) is 6.92 Å². The number of rotatable bonds is 5. The molecule has 2 aromatic carbocycles. The van der Waals surface area contributed by atoms with Crippen molar-refractivity contribution < 1.29 is 9.84 Å². The summed E-state index contributed by atoms with van der Waals surface area (Å²) in [4.78, 5) is 0.